The second-order valence-corrected chi connectivity index (χ2v) is 6.62. The summed E-state index contributed by atoms with van der Waals surface area (Å²) in [5, 5.41) is 19.0. The maximum atomic E-state index is 8.91. The molecular formula is C17H15N7S2. The number of nitrogens with one attached hydrogen (secondary N) is 1. The predicted octanol–water partition coefficient (Wildman–Crippen LogP) is 3.08. The van der Waals surface area contributed by atoms with Gasteiger partial charge in [0, 0.05) is 16.8 Å². The molecule has 0 aliphatic heterocycles. The van der Waals surface area contributed by atoms with Gasteiger partial charge in [0.05, 0.1) is 11.4 Å². The molecule has 0 radical (unpaired) electrons. The average Bonchev–Trinajstić information content (AvgIpc) is 2.94. The van der Waals surface area contributed by atoms with E-state index in [-0.39, 0.29) is 5.82 Å². The van der Waals surface area contributed by atoms with Crippen LogP contribution in [-0.2, 0) is 0 Å². The number of aromatic amines is 1. The van der Waals surface area contributed by atoms with Crippen LogP contribution in [-0.4, -0.2) is 20.2 Å². The fourth-order valence-corrected chi connectivity index (χ4v) is 3.44. The summed E-state index contributed by atoms with van der Waals surface area (Å²) in [6.45, 7) is 3.79. The lowest BCUT2D eigenvalue weighted by molar-refractivity contribution is 1.01. The molecule has 3 rings (SSSR count). The van der Waals surface area contributed by atoms with E-state index < -0.39 is 0 Å². The van der Waals surface area contributed by atoms with Crippen LogP contribution in [0, 0.1) is 23.0 Å². The monoisotopic (exact) mass is 381 g/mol. The molecule has 2 heterocycles. The molecule has 0 bridgehead atoms. The highest BCUT2D eigenvalue weighted by Crippen LogP contribution is 2.17. The molecule has 3 aromatic rings. The number of anilines is 1. The highest BCUT2D eigenvalue weighted by molar-refractivity contribution is 7.71. The first-order valence-electron chi connectivity index (χ1n) is 7.62. The Balaban J connectivity index is 2.09. The van der Waals surface area contributed by atoms with Gasteiger partial charge in [-0.1, -0.05) is 18.2 Å². The first-order chi connectivity index (χ1) is 12.5. The van der Waals surface area contributed by atoms with Gasteiger partial charge in [-0.25, -0.2) is 0 Å². The summed E-state index contributed by atoms with van der Waals surface area (Å²) in [6, 6.07) is 11.8. The number of imidazole rings is 1. The Hall–Kier alpha value is -3.09. The number of nitrogens with two attached hydrogens (primary N) is 1. The molecular weight excluding hydrogens is 366 g/mol. The Kier molecular flexibility index (Phi) is 5.06. The van der Waals surface area contributed by atoms with Crippen LogP contribution >= 0.6 is 23.6 Å². The molecule has 0 saturated heterocycles. The van der Waals surface area contributed by atoms with Gasteiger partial charge in [-0.2, -0.15) is 15.3 Å². The van der Waals surface area contributed by atoms with E-state index in [9.17, 15) is 0 Å². The Morgan fingerprint density at radius 2 is 2.12 bits per heavy atom. The Morgan fingerprint density at radius 1 is 1.38 bits per heavy atom. The quantitative estimate of drug-likeness (QED) is 0.413. The van der Waals surface area contributed by atoms with Gasteiger partial charge in [0.15, 0.2) is 4.77 Å². The van der Waals surface area contributed by atoms with Crippen LogP contribution < -0.4 is 10.5 Å². The van der Waals surface area contributed by atoms with Crippen molar-refractivity contribution < 1.29 is 0 Å². The summed E-state index contributed by atoms with van der Waals surface area (Å²) in [5.41, 5.74) is 9.40. The number of hydrogen-bond donors (Lipinski definition) is 2. The van der Waals surface area contributed by atoms with Crippen molar-refractivity contribution in [3.63, 3.8) is 0 Å². The highest BCUT2D eigenvalue weighted by Gasteiger charge is 2.13. The fraction of sp³-hybridized carbons (Fsp3) is 0.118. The van der Waals surface area contributed by atoms with Crippen LogP contribution in [0.25, 0.3) is 5.69 Å². The number of aromatic nitrogens is 3. The lowest BCUT2D eigenvalue weighted by atomic mass is 10.2. The van der Waals surface area contributed by atoms with Crippen LogP contribution in [0.4, 0.5) is 5.82 Å². The number of benzene rings is 1. The minimum Gasteiger partial charge on any atom is -0.382 e. The number of para-hydroxylation sites is 1. The number of nitrogen functional groups attached to an aromatic ring is 1. The van der Waals surface area contributed by atoms with Gasteiger partial charge in [0.25, 0.3) is 0 Å². The molecule has 0 amide bonds. The normalized spacial score (nSPS) is 12.2. The second-order valence-electron chi connectivity index (χ2n) is 5.40. The highest BCUT2D eigenvalue weighted by atomic mass is 32.1. The van der Waals surface area contributed by atoms with Crippen LogP contribution in [0.2, 0.25) is 0 Å². The zero-order chi connectivity index (χ0) is 18.7. The number of hydrogen-bond acceptors (Lipinski definition) is 7. The number of H-pyrrole nitrogens is 1. The number of nitrogens with zero attached hydrogens (tertiary/aromatic N) is 5. The van der Waals surface area contributed by atoms with E-state index in [4.69, 9.17) is 23.2 Å². The third-order valence-corrected chi connectivity index (χ3v) is 4.64. The largest absolute Gasteiger partial charge is 0.382 e. The maximum absolute atomic E-state index is 8.91. The number of aryl methyl sites for hydroxylation is 1. The fourth-order valence-electron chi connectivity index (χ4n) is 2.46. The molecule has 0 saturated carbocycles. The van der Waals surface area contributed by atoms with Crippen molar-refractivity contribution in [2.45, 2.75) is 13.8 Å². The first-order valence-corrected chi connectivity index (χ1v) is 8.91. The molecule has 0 aliphatic rings. The summed E-state index contributed by atoms with van der Waals surface area (Å²) in [4.78, 5) is 7.62. The van der Waals surface area contributed by atoms with Gasteiger partial charge in [0.2, 0.25) is 4.80 Å². The third-order valence-electron chi connectivity index (χ3n) is 3.61. The predicted molar refractivity (Wildman–Crippen MR) is 105 cm³/mol. The van der Waals surface area contributed by atoms with E-state index in [2.05, 4.69) is 20.2 Å². The summed E-state index contributed by atoms with van der Waals surface area (Å²) < 4.78 is 2.50. The Labute approximate surface area is 158 Å². The van der Waals surface area contributed by atoms with Crippen molar-refractivity contribution in [2.75, 3.05) is 5.73 Å². The zero-order valence-electron chi connectivity index (χ0n) is 14.1. The lowest BCUT2D eigenvalue weighted by Crippen LogP contribution is -2.09. The molecule has 0 unspecified atom stereocenters. The van der Waals surface area contributed by atoms with E-state index in [1.807, 2.05) is 54.8 Å². The van der Waals surface area contributed by atoms with E-state index in [0.717, 1.165) is 17.1 Å². The first kappa shape index (κ1) is 17.7. The lowest BCUT2D eigenvalue weighted by Gasteiger charge is -2.08. The van der Waals surface area contributed by atoms with Gasteiger partial charge in [-0.3, -0.25) is 4.57 Å². The second kappa shape index (κ2) is 7.43. The molecule has 0 fully saturated rings. The van der Waals surface area contributed by atoms with Gasteiger partial charge in [-0.15, -0.1) is 16.4 Å². The van der Waals surface area contributed by atoms with Crippen LogP contribution in [0.1, 0.15) is 23.9 Å². The topological polar surface area (TPSA) is 108 Å². The van der Waals surface area contributed by atoms with Crippen LogP contribution in [0.5, 0.6) is 0 Å². The van der Waals surface area contributed by atoms with Gasteiger partial charge >= 0.3 is 0 Å². The van der Waals surface area contributed by atoms with Crippen LogP contribution in [0.3, 0.4) is 0 Å². The number of rotatable bonds is 3. The molecule has 7 nitrogen and oxygen atoms in total. The molecule has 26 heavy (non-hydrogen) atoms. The summed E-state index contributed by atoms with van der Waals surface area (Å²) in [5.74, 6) is 0.142. The number of nitriles is 1. The van der Waals surface area contributed by atoms with Gasteiger partial charge in [-0.05, 0) is 38.2 Å². The molecule has 9 heteroatoms. The molecule has 2 aromatic heterocycles. The van der Waals surface area contributed by atoms with Gasteiger partial charge < -0.3 is 10.7 Å². The van der Waals surface area contributed by atoms with Crippen molar-refractivity contribution in [3.8, 4) is 11.8 Å². The molecule has 0 atom stereocenters. The Bertz CT molecular complexity index is 1140. The molecule has 0 aliphatic carbocycles. The maximum Gasteiger partial charge on any atom is 0.231 e. The van der Waals surface area contributed by atoms with Crippen LogP contribution in [0.15, 0.2) is 45.9 Å². The molecule has 130 valence electrons. The van der Waals surface area contributed by atoms with Crippen molar-refractivity contribution in [1.29, 1.82) is 5.26 Å². The summed E-state index contributed by atoms with van der Waals surface area (Å²) >= 11 is 6.65. The third kappa shape index (κ3) is 3.46. The minimum absolute atomic E-state index is 0.142. The van der Waals surface area contributed by atoms with E-state index >= 15 is 0 Å². The molecule has 0 spiro atoms. The van der Waals surface area contributed by atoms with E-state index in [1.54, 1.807) is 5.38 Å². The van der Waals surface area contributed by atoms with Crippen molar-refractivity contribution >= 4 is 35.1 Å². The van der Waals surface area contributed by atoms with E-state index in [0.29, 0.717) is 20.8 Å². The van der Waals surface area contributed by atoms with Crippen molar-refractivity contribution in [2.24, 2.45) is 10.2 Å². The minimum atomic E-state index is 0.142. The summed E-state index contributed by atoms with van der Waals surface area (Å²) in [7, 11) is 0. The van der Waals surface area contributed by atoms with Gasteiger partial charge in [0.1, 0.15) is 17.5 Å². The smallest absolute Gasteiger partial charge is 0.231 e. The standard InChI is InChI=1S/C17H15N7S2/c1-10-14(24(17(25)20-10)13-6-4-3-5-7-13)11(2)22-23-16-21-15(19)12(8-18)9-26-16/h3-7,9H,1-2H3,(H,20,25)(H2,19,21,23)/b22-11+. The molecule has 1 aromatic carbocycles. The Morgan fingerprint density at radius 3 is 2.77 bits per heavy atom. The van der Waals surface area contributed by atoms with Crippen molar-refractivity contribution in [1.82, 2.24) is 14.5 Å². The SMILES string of the molecule is C/C(=N\N=c1\nc(N)c(C#N)cs1)c1c(C)[nH]c(=S)n1-c1ccccc1. The van der Waals surface area contributed by atoms with Crippen molar-refractivity contribution in [3.05, 3.63) is 62.2 Å². The average molecular weight is 381 g/mol. The zero-order valence-corrected chi connectivity index (χ0v) is 15.7. The summed E-state index contributed by atoms with van der Waals surface area (Å²) in [6.07, 6.45) is 0. The van der Waals surface area contributed by atoms with E-state index in [1.165, 1.54) is 11.3 Å². The molecule has 3 N–H and O–H groups in total.